The van der Waals surface area contributed by atoms with Gasteiger partial charge in [0.1, 0.15) is 56.9 Å². The largest absolute Gasteiger partial charge is 0.504 e. The van der Waals surface area contributed by atoms with E-state index >= 15 is 0 Å². The van der Waals surface area contributed by atoms with Crippen LogP contribution in [0.1, 0.15) is 123 Å². The number of rotatable bonds is 42. The number of nitro groups is 3. The molecule has 0 radical (unpaired) electrons. The first-order chi connectivity index (χ1) is 65.9. The summed E-state index contributed by atoms with van der Waals surface area (Å²) in [7, 11) is 8.98. The number of aliphatic hydroxyl groups excluding tert-OH is 6. The number of ether oxygens (including phenoxy) is 12. The third-order valence-electron chi connectivity index (χ3n) is 18.8. The van der Waals surface area contributed by atoms with Gasteiger partial charge in [-0.3, -0.25) is 39.9 Å². The van der Waals surface area contributed by atoms with E-state index in [0.29, 0.717) is 122 Å². The normalized spacial score (nSPS) is 12.4. The van der Waals surface area contributed by atoms with Gasteiger partial charge in [0.05, 0.1) is 88.3 Å². The second-order valence-electron chi connectivity index (χ2n) is 29.6. The van der Waals surface area contributed by atoms with E-state index in [-0.39, 0.29) is 93.3 Å². The maximum absolute atomic E-state index is 12.7. The smallest absolute Gasteiger partial charge is 0.273 e. The minimum absolute atomic E-state index is 0. The maximum Gasteiger partial charge on any atom is 0.273 e. The Hall–Kier alpha value is -11.4. The number of phenols is 1. The molecule has 0 aliphatic carbocycles. The summed E-state index contributed by atoms with van der Waals surface area (Å²) in [4.78, 5) is 59.9. The molecule has 9 aromatic carbocycles. The number of halogens is 1. The summed E-state index contributed by atoms with van der Waals surface area (Å²) in [5.41, 5.74) is 12.1. The number of carbonyl (C=O) groups is 2. The Bertz CT molecular complexity index is 4730. The molecule has 0 bridgehead atoms. The van der Waals surface area contributed by atoms with Gasteiger partial charge in [0.15, 0.2) is 57.5 Å². The van der Waals surface area contributed by atoms with Crippen molar-refractivity contribution in [2.24, 2.45) is 0 Å². The van der Waals surface area contributed by atoms with Crippen LogP contribution in [0.15, 0.2) is 200 Å². The predicted molar refractivity (Wildman–Crippen MR) is 539 cm³/mol. The van der Waals surface area contributed by atoms with Crippen molar-refractivity contribution in [1.82, 2.24) is 14.7 Å². The second kappa shape index (κ2) is 78.4. The monoisotopic (exact) mass is 2000 g/mol. The number of amides is 1. The molecule has 0 saturated carbocycles. The first-order valence-corrected chi connectivity index (χ1v) is 45.6. The molecule has 5 atom stereocenters. The fourth-order valence-electron chi connectivity index (χ4n) is 11.1. The van der Waals surface area contributed by atoms with Gasteiger partial charge in [-0.05, 0) is 159 Å². The number of aliphatic hydroxyl groups is 6. The number of nitrogens with two attached hydrogens (primary N) is 1. The van der Waals surface area contributed by atoms with E-state index in [2.05, 4.69) is 66.3 Å². The number of likely N-dealkylation sites (N-methyl/N-ethyl adjacent to an activating group) is 3. The van der Waals surface area contributed by atoms with Gasteiger partial charge in [0.2, 0.25) is 0 Å². The molecule has 0 spiro atoms. The standard InChI is InChI=1S/C27H32N2O4.C14H22N2O5.C14H24N2O3.C13H9ClO.C10H11NO5.C7H7NO4.C4H8O2.3C3H8O.C3H8.H2O.Ti/c1-4-29(5-2)18-24(30)19-33-25-16-15-23(17-26(25)32-3)28-27(31)22-13-11-21(12-14-22)20-9-7-6-8-10-20;1-4-15(5-2)9-12(17)10-21-13-7-6-11(16(18)19)8-14(13)20-3;1-4-16(5-2)9-12(17)10-19-13-7-6-11(15)8-14(13)18-3;14-13(15)12-8-6-11(7-9-12)10-4-2-1-3-5-10;1-14-10-4-7(11(12)13)2-3-9(10)16-6-8-5-15-8;1-12-7-4-5(8(10)11)2-3-6(7)9;1-5-2-4-3-6-4;3*1-2-3-4;1-3-2;;/h6-17,24,30H,4-5,18-19H2,1-3H3,(H,28,31);6-8,12,17H,4-5,9-10H2,1-3H3;6-8,12,17H,4-5,9-10,15H2,1-3H3;1-9H;2-4,8H,5-6H2,1H3;2-4,9H,1H3;4H,2-3H2,1H3;3*4H,2-3H2,1H3;3H2,1-2H3;1H2;. The topological polar surface area (TPSA) is 502 Å². The number of aromatic hydroxyl groups is 1. The first-order valence-electron chi connectivity index (χ1n) is 45.2. The summed E-state index contributed by atoms with van der Waals surface area (Å²) in [6.45, 7) is 33.6. The molecule has 0 aromatic heterocycles. The van der Waals surface area contributed by atoms with E-state index in [9.17, 15) is 55.3 Å². The van der Waals surface area contributed by atoms with Gasteiger partial charge in [0, 0.05) is 121 Å². The third kappa shape index (κ3) is 55.9. The van der Waals surface area contributed by atoms with Crippen molar-refractivity contribution in [1.29, 1.82) is 0 Å². The Morgan fingerprint density at radius 2 is 0.719 bits per heavy atom. The van der Waals surface area contributed by atoms with E-state index in [4.69, 9.17) is 89.9 Å². The van der Waals surface area contributed by atoms with E-state index in [1.165, 1.54) is 76.3 Å². The Morgan fingerprint density at radius 1 is 0.424 bits per heavy atom. The van der Waals surface area contributed by atoms with E-state index in [1.807, 2.05) is 132 Å². The van der Waals surface area contributed by atoms with Crippen molar-refractivity contribution in [3.05, 3.63) is 242 Å². The van der Waals surface area contributed by atoms with Crippen LogP contribution in [-0.4, -0.2) is 280 Å². The SMILES string of the molecule is CCC.CCCO.CCCO.CCCO.CCN(CC)CC(O)COc1ccc(N)cc1OC.CCN(CC)CC(O)COc1ccc(NC(=O)c2ccc(-c3ccccc3)cc2)cc1OC.CCN(CC)CC(O)COc1ccc([N+](=O)[O-])cc1OC.COCC1CO1.COc1cc([N+](=O)[O-])ccc1O.COc1cc([N+](=O)[O-])ccc1OCC1CO1.O.O=C(Cl)c1ccc(-c2ccccc2)cc1.[Ti]. The maximum atomic E-state index is 12.7. The molecule has 770 valence electrons. The van der Waals surface area contributed by atoms with Crippen molar-refractivity contribution in [2.45, 2.75) is 132 Å². The number of anilines is 2. The van der Waals surface area contributed by atoms with Crippen molar-refractivity contribution in [3.63, 3.8) is 0 Å². The molecule has 36 nitrogen and oxygen atoms in total. The minimum Gasteiger partial charge on any atom is -0.504 e. The van der Waals surface area contributed by atoms with Gasteiger partial charge in [-0.2, -0.15) is 0 Å². The molecule has 38 heteroatoms. The number of nitro benzene ring substituents is 3. The summed E-state index contributed by atoms with van der Waals surface area (Å²) >= 11 is 5.36. The summed E-state index contributed by atoms with van der Waals surface area (Å²) in [5.74, 6) is 3.46. The number of non-ortho nitro benzene ring substituents is 3. The van der Waals surface area contributed by atoms with Crippen molar-refractivity contribution in [3.8, 4) is 79.7 Å². The zero-order valence-electron chi connectivity index (χ0n) is 83.1. The van der Waals surface area contributed by atoms with Crippen molar-refractivity contribution in [2.75, 3.05) is 179 Å². The first kappa shape index (κ1) is 130. The fourth-order valence-corrected chi connectivity index (χ4v) is 11.2. The van der Waals surface area contributed by atoms with Gasteiger partial charge in [-0.1, -0.05) is 168 Å². The number of hydrogen-bond acceptors (Lipinski definition) is 31. The van der Waals surface area contributed by atoms with Gasteiger partial charge in [-0.25, -0.2) is 0 Å². The van der Waals surface area contributed by atoms with Crippen LogP contribution in [0.5, 0.6) is 57.5 Å². The molecule has 9 aromatic rings. The Morgan fingerprint density at radius 3 is 1.03 bits per heavy atom. The average Bonchev–Trinajstić information content (AvgIpc) is 1.83. The van der Waals surface area contributed by atoms with Gasteiger partial charge in [0.25, 0.3) is 28.2 Å². The number of carbonyl (C=O) groups excluding carboxylic acids is 2. The van der Waals surface area contributed by atoms with Crippen LogP contribution in [0.4, 0.5) is 28.4 Å². The zero-order chi connectivity index (χ0) is 102. The molecule has 2 aliphatic rings. The van der Waals surface area contributed by atoms with E-state index < -0.39 is 38.3 Å². The summed E-state index contributed by atoms with van der Waals surface area (Å²) in [6, 6.07) is 57.1. The molecule has 139 heavy (non-hydrogen) atoms. The molecular formula is C101H147ClN8O28Ti. The fraction of sp³-hybridized carbons (Fsp3) is 0.446. The van der Waals surface area contributed by atoms with Crippen molar-refractivity contribution >= 4 is 51.2 Å². The minimum atomic E-state index is -0.634. The quantitative estimate of drug-likeness (QED) is 0.00428. The summed E-state index contributed by atoms with van der Waals surface area (Å²) in [6.07, 6.45) is 2.68. The predicted octanol–water partition coefficient (Wildman–Crippen LogP) is 15.9. The number of epoxide rings is 2. The molecule has 12 N–H and O–H groups in total. The number of phenolic OH excluding ortho intramolecular Hbond substituents is 1. The van der Waals surface area contributed by atoms with Crippen molar-refractivity contribution < 1.29 is 144 Å². The number of nitrogens with zero attached hydrogens (tertiary/aromatic N) is 6. The molecule has 2 heterocycles. The number of benzene rings is 9. The van der Waals surface area contributed by atoms with Crippen LogP contribution < -0.4 is 53.7 Å². The van der Waals surface area contributed by atoms with Crippen LogP contribution in [0.3, 0.4) is 0 Å². The van der Waals surface area contributed by atoms with Crippen LogP contribution in [0.25, 0.3) is 22.3 Å². The number of methoxy groups -OCH3 is 6. The number of hydrogen-bond donors (Lipinski definition) is 9. The molecule has 2 saturated heterocycles. The number of nitrogen functional groups attached to an aromatic ring is 1. The summed E-state index contributed by atoms with van der Waals surface area (Å²) in [5, 5.41) is 96.8. The Labute approximate surface area is 837 Å². The Balaban J connectivity index is 0. The van der Waals surface area contributed by atoms with E-state index in [1.54, 1.807) is 69.9 Å². The number of nitrogens with one attached hydrogen (secondary N) is 1. The van der Waals surface area contributed by atoms with Crippen LogP contribution in [-0.2, 0) is 35.9 Å². The molecular weight excluding hydrogens is 1860 g/mol. The molecule has 1 amide bonds. The van der Waals surface area contributed by atoms with Gasteiger partial charge in [-0.15, -0.1) is 0 Å². The van der Waals surface area contributed by atoms with Crippen LogP contribution in [0.2, 0.25) is 0 Å². The van der Waals surface area contributed by atoms with Crippen LogP contribution >= 0.6 is 11.6 Å². The van der Waals surface area contributed by atoms with Gasteiger partial charge < -0.3 is 124 Å². The zero-order valence-corrected chi connectivity index (χ0v) is 85.5. The van der Waals surface area contributed by atoms with Gasteiger partial charge >= 0.3 is 0 Å². The molecule has 2 aliphatic heterocycles. The average molecular weight is 2000 g/mol. The van der Waals surface area contributed by atoms with Crippen LogP contribution in [0, 0.1) is 30.3 Å². The van der Waals surface area contributed by atoms with E-state index in [0.717, 1.165) is 100 Å². The molecule has 5 unspecified atom stereocenters. The Kier molecular flexibility index (Phi) is 73.1. The molecule has 11 rings (SSSR count). The summed E-state index contributed by atoms with van der Waals surface area (Å²) < 4.78 is 62.2. The third-order valence-corrected chi connectivity index (χ3v) is 19.0. The molecule has 2 fully saturated rings. The second-order valence-corrected chi connectivity index (χ2v) is 29.9.